The maximum absolute atomic E-state index is 5.22. The Labute approximate surface area is 147 Å². The lowest BCUT2D eigenvalue weighted by Gasteiger charge is -2.31. The molecule has 0 N–H and O–H groups in total. The Hall–Kier alpha value is -2.63. The number of fused-ring (bicyclic) bond motifs is 1. The fraction of sp³-hybridized carbons (Fsp3) is 0.421. The third-order valence-corrected chi connectivity index (χ3v) is 4.88. The summed E-state index contributed by atoms with van der Waals surface area (Å²) in [5, 5.41) is 4.73. The number of benzene rings is 1. The number of piperidine rings is 1. The van der Waals surface area contributed by atoms with E-state index in [2.05, 4.69) is 27.9 Å². The first kappa shape index (κ1) is 15.9. The lowest BCUT2D eigenvalue weighted by Crippen LogP contribution is -2.34. The van der Waals surface area contributed by atoms with Gasteiger partial charge in [0.2, 0.25) is 0 Å². The molecule has 0 aliphatic carbocycles. The van der Waals surface area contributed by atoms with E-state index in [1.165, 1.54) is 12.8 Å². The summed E-state index contributed by atoms with van der Waals surface area (Å²) < 4.78 is 7.10. The fourth-order valence-electron chi connectivity index (χ4n) is 3.29. The van der Waals surface area contributed by atoms with Gasteiger partial charge in [-0.1, -0.05) is 6.92 Å². The number of aromatic nitrogens is 4. The van der Waals surface area contributed by atoms with Crippen LogP contribution in [0.2, 0.25) is 0 Å². The molecule has 6 heteroatoms. The summed E-state index contributed by atoms with van der Waals surface area (Å²) in [4.78, 5) is 11.6. The molecule has 1 fully saturated rings. The zero-order valence-electron chi connectivity index (χ0n) is 14.9. The lowest BCUT2D eigenvalue weighted by atomic mass is 9.99. The maximum atomic E-state index is 5.22. The minimum absolute atomic E-state index is 0.652. The molecule has 1 aromatic carbocycles. The van der Waals surface area contributed by atoms with Crippen molar-refractivity contribution in [2.75, 3.05) is 25.1 Å². The molecule has 4 rings (SSSR count). The quantitative estimate of drug-likeness (QED) is 0.734. The highest BCUT2D eigenvalue weighted by atomic mass is 16.5. The Bertz CT molecular complexity index is 879. The van der Waals surface area contributed by atoms with Crippen LogP contribution in [0.5, 0.6) is 5.75 Å². The molecule has 2 aromatic heterocycles. The van der Waals surface area contributed by atoms with E-state index in [1.54, 1.807) is 7.11 Å². The van der Waals surface area contributed by atoms with Crippen LogP contribution in [-0.4, -0.2) is 39.8 Å². The van der Waals surface area contributed by atoms with Gasteiger partial charge in [-0.2, -0.15) is 9.50 Å². The topological polar surface area (TPSA) is 55.6 Å². The van der Waals surface area contributed by atoms with Crippen molar-refractivity contribution >= 4 is 11.6 Å². The Morgan fingerprint density at radius 3 is 2.48 bits per heavy atom. The van der Waals surface area contributed by atoms with Crippen molar-refractivity contribution in [2.45, 2.75) is 26.7 Å². The van der Waals surface area contributed by atoms with E-state index in [-0.39, 0.29) is 0 Å². The van der Waals surface area contributed by atoms with Crippen LogP contribution in [-0.2, 0) is 0 Å². The highest BCUT2D eigenvalue weighted by Crippen LogP contribution is 2.26. The zero-order chi connectivity index (χ0) is 17.4. The number of rotatable bonds is 3. The first-order chi connectivity index (χ1) is 12.1. The molecule has 1 aliphatic heterocycles. The van der Waals surface area contributed by atoms with Gasteiger partial charge in [0.25, 0.3) is 5.78 Å². The molecular weight excluding hydrogens is 314 g/mol. The molecule has 6 nitrogen and oxygen atoms in total. The van der Waals surface area contributed by atoms with Crippen LogP contribution in [0.4, 0.5) is 5.82 Å². The Balaban J connectivity index is 1.75. The summed E-state index contributed by atoms with van der Waals surface area (Å²) in [6.07, 6.45) is 2.42. The van der Waals surface area contributed by atoms with Gasteiger partial charge in [0, 0.05) is 30.4 Å². The number of methoxy groups -OCH3 is 1. The first-order valence-corrected chi connectivity index (χ1v) is 8.78. The summed E-state index contributed by atoms with van der Waals surface area (Å²) >= 11 is 0. The summed E-state index contributed by atoms with van der Waals surface area (Å²) in [5.74, 6) is 4.04. The monoisotopic (exact) mass is 337 g/mol. The third kappa shape index (κ3) is 3.04. The van der Waals surface area contributed by atoms with Gasteiger partial charge in [0.15, 0.2) is 5.82 Å². The van der Waals surface area contributed by atoms with Gasteiger partial charge in [-0.25, -0.2) is 4.98 Å². The molecule has 0 bridgehead atoms. The summed E-state index contributed by atoms with van der Waals surface area (Å²) in [6, 6.07) is 9.90. The summed E-state index contributed by atoms with van der Waals surface area (Å²) in [6.45, 7) is 6.44. The van der Waals surface area contributed by atoms with Crippen LogP contribution in [0.15, 0.2) is 30.3 Å². The SMILES string of the molecule is COc1ccc(-c2nc3nc(C)cc(N4CCC(C)CC4)n3n2)cc1. The van der Waals surface area contributed by atoms with Crippen LogP contribution < -0.4 is 9.64 Å². The molecule has 0 radical (unpaired) electrons. The first-order valence-electron chi connectivity index (χ1n) is 8.78. The molecule has 0 atom stereocenters. The van der Waals surface area contributed by atoms with Crippen molar-refractivity contribution < 1.29 is 4.74 Å². The highest BCUT2D eigenvalue weighted by molar-refractivity contribution is 5.60. The van der Waals surface area contributed by atoms with E-state index in [9.17, 15) is 0 Å². The molecule has 3 heterocycles. The average molecular weight is 337 g/mol. The second kappa shape index (κ2) is 6.35. The normalized spacial score (nSPS) is 15.7. The van der Waals surface area contributed by atoms with Crippen molar-refractivity contribution in [1.82, 2.24) is 19.6 Å². The molecule has 0 unspecified atom stereocenters. The minimum Gasteiger partial charge on any atom is -0.497 e. The smallest absolute Gasteiger partial charge is 0.254 e. The van der Waals surface area contributed by atoms with Crippen LogP contribution in [0.1, 0.15) is 25.5 Å². The molecule has 0 amide bonds. The molecule has 1 saturated heterocycles. The molecule has 25 heavy (non-hydrogen) atoms. The van der Waals surface area contributed by atoms with Crippen LogP contribution >= 0.6 is 0 Å². The molecule has 1 aliphatic rings. The van der Waals surface area contributed by atoms with Crippen LogP contribution in [0, 0.1) is 12.8 Å². The van der Waals surface area contributed by atoms with Crippen LogP contribution in [0.25, 0.3) is 17.2 Å². The molecular formula is C19H23N5O. The second-order valence-corrected chi connectivity index (χ2v) is 6.80. The van der Waals surface area contributed by atoms with E-state index in [0.717, 1.165) is 41.8 Å². The largest absolute Gasteiger partial charge is 0.497 e. The van der Waals surface area contributed by atoms with E-state index in [1.807, 2.05) is 35.7 Å². The lowest BCUT2D eigenvalue weighted by molar-refractivity contribution is 0.415. The predicted molar refractivity (Wildman–Crippen MR) is 98.1 cm³/mol. The standard InChI is InChI=1S/C19H23N5O/c1-13-8-10-23(11-9-13)17-12-14(2)20-19-21-18(22-24(17)19)15-4-6-16(25-3)7-5-15/h4-7,12-13H,8-11H2,1-3H3. The van der Waals surface area contributed by atoms with Crippen LogP contribution in [0.3, 0.4) is 0 Å². The van der Waals surface area contributed by atoms with Gasteiger partial charge in [0.1, 0.15) is 11.6 Å². The van der Waals surface area contributed by atoms with Crippen molar-refractivity contribution in [2.24, 2.45) is 5.92 Å². The Kier molecular flexibility index (Phi) is 4.03. The Morgan fingerprint density at radius 1 is 1.08 bits per heavy atom. The van der Waals surface area contributed by atoms with Gasteiger partial charge in [-0.3, -0.25) is 0 Å². The predicted octanol–water partition coefficient (Wildman–Crippen LogP) is 3.34. The van der Waals surface area contributed by atoms with Crippen molar-refractivity contribution in [3.8, 4) is 17.1 Å². The highest BCUT2D eigenvalue weighted by Gasteiger charge is 2.20. The van der Waals surface area contributed by atoms with E-state index in [0.29, 0.717) is 11.6 Å². The number of ether oxygens (including phenoxy) is 1. The summed E-state index contributed by atoms with van der Waals surface area (Å²) in [7, 11) is 1.66. The van der Waals surface area contributed by atoms with E-state index >= 15 is 0 Å². The number of aryl methyl sites for hydroxylation is 1. The van der Waals surface area contributed by atoms with E-state index < -0.39 is 0 Å². The average Bonchev–Trinajstić information content (AvgIpc) is 3.05. The Morgan fingerprint density at radius 2 is 1.80 bits per heavy atom. The number of hydrogen-bond donors (Lipinski definition) is 0. The molecule has 3 aromatic rings. The zero-order valence-corrected chi connectivity index (χ0v) is 14.9. The number of nitrogens with zero attached hydrogens (tertiary/aromatic N) is 5. The molecule has 0 saturated carbocycles. The van der Waals surface area contributed by atoms with Crippen molar-refractivity contribution in [3.63, 3.8) is 0 Å². The summed E-state index contributed by atoms with van der Waals surface area (Å²) in [5.41, 5.74) is 1.93. The second-order valence-electron chi connectivity index (χ2n) is 6.80. The fourth-order valence-corrected chi connectivity index (χ4v) is 3.29. The van der Waals surface area contributed by atoms with Gasteiger partial charge in [-0.05, 0) is 49.9 Å². The minimum atomic E-state index is 0.652. The van der Waals surface area contributed by atoms with Gasteiger partial charge in [0.05, 0.1) is 7.11 Å². The van der Waals surface area contributed by atoms with Crippen molar-refractivity contribution in [1.29, 1.82) is 0 Å². The third-order valence-electron chi connectivity index (χ3n) is 4.88. The van der Waals surface area contributed by atoms with E-state index in [4.69, 9.17) is 9.84 Å². The maximum Gasteiger partial charge on any atom is 0.254 e. The number of hydrogen-bond acceptors (Lipinski definition) is 5. The van der Waals surface area contributed by atoms with Gasteiger partial charge in [-0.15, -0.1) is 5.10 Å². The van der Waals surface area contributed by atoms with Crippen molar-refractivity contribution in [3.05, 3.63) is 36.0 Å². The molecule has 0 spiro atoms. The molecule has 130 valence electrons. The number of anilines is 1. The van der Waals surface area contributed by atoms with Gasteiger partial charge < -0.3 is 9.64 Å². The van der Waals surface area contributed by atoms with Gasteiger partial charge >= 0.3 is 0 Å².